The van der Waals surface area contributed by atoms with Gasteiger partial charge in [0, 0.05) is 29.5 Å². The minimum atomic E-state index is -0.342. The standard InChI is InChI=1S/C16H16ClN7O/c1-9-7-12(24-23-9)21-13-8-19-14(16(25)18-2)15(22-13)20-11-5-3-10(17)4-6-11/h3-8H,1-2H3,(H,18,25)(H3,20,21,22,23,24). The van der Waals surface area contributed by atoms with Crippen molar-refractivity contribution in [2.45, 2.75) is 6.92 Å². The van der Waals surface area contributed by atoms with Crippen molar-refractivity contribution in [3.05, 3.63) is 52.9 Å². The van der Waals surface area contributed by atoms with Crippen LogP contribution in [0.3, 0.4) is 0 Å². The van der Waals surface area contributed by atoms with Gasteiger partial charge in [-0.3, -0.25) is 9.89 Å². The highest BCUT2D eigenvalue weighted by molar-refractivity contribution is 6.30. The van der Waals surface area contributed by atoms with E-state index in [0.29, 0.717) is 22.5 Å². The van der Waals surface area contributed by atoms with Crippen LogP contribution in [0.2, 0.25) is 5.02 Å². The minimum Gasteiger partial charge on any atom is -0.354 e. The molecule has 25 heavy (non-hydrogen) atoms. The molecule has 0 aliphatic rings. The molecule has 0 aliphatic heterocycles. The molecule has 0 radical (unpaired) electrons. The average Bonchev–Trinajstić information content (AvgIpc) is 3.01. The molecule has 3 aromatic rings. The Morgan fingerprint density at radius 2 is 1.92 bits per heavy atom. The van der Waals surface area contributed by atoms with Gasteiger partial charge in [0.15, 0.2) is 23.1 Å². The van der Waals surface area contributed by atoms with Crippen LogP contribution in [0.15, 0.2) is 36.5 Å². The number of H-pyrrole nitrogens is 1. The van der Waals surface area contributed by atoms with Crippen LogP contribution >= 0.6 is 11.6 Å². The van der Waals surface area contributed by atoms with Crippen molar-refractivity contribution in [1.82, 2.24) is 25.5 Å². The van der Waals surface area contributed by atoms with Crippen LogP contribution in [0.4, 0.5) is 23.1 Å². The van der Waals surface area contributed by atoms with Gasteiger partial charge in [0.25, 0.3) is 5.91 Å². The van der Waals surface area contributed by atoms with Crippen LogP contribution < -0.4 is 16.0 Å². The van der Waals surface area contributed by atoms with Crippen LogP contribution in [0.5, 0.6) is 0 Å². The fourth-order valence-corrected chi connectivity index (χ4v) is 2.23. The Kier molecular flexibility index (Phi) is 4.80. The molecule has 0 bridgehead atoms. The van der Waals surface area contributed by atoms with E-state index in [0.717, 1.165) is 11.4 Å². The minimum absolute atomic E-state index is 0.182. The van der Waals surface area contributed by atoms with E-state index in [1.54, 1.807) is 24.3 Å². The van der Waals surface area contributed by atoms with Gasteiger partial charge in [-0.15, -0.1) is 0 Å². The molecule has 0 atom stereocenters. The van der Waals surface area contributed by atoms with E-state index in [-0.39, 0.29) is 11.6 Å². The fourth-order valence-electron chi connectivity index (χ4n) is 2.10. The Hall–Kier alpha value is -3.13. The second kappa shape index (κ2) is 7.18. The van der Waals surface area contributed by atoms with Crippen molar-refractivity contribution in [3.63, 3.8) is 0 Å². The zero-order valence-electron chi connectivity index (χ0n) is 13.6. The lowest BCUT2D eigenvalue weighted by atomic mass is 10.3. The number of aryl methyl sites for hydroxylation is 1. The number of hydrogen-bond donors (Lipinski definition) is 4. The summed E-state index contributed by atoms with van der Waals surface area (Å²) < 4.78 is 0. The molecule has 8 nitrogen and oxygen atoms in total. The Bertz CT molecular complexity index is 892. The van der Waals surface area contributed by atoms with Gasteiger partial charge in [-0.2, -0.15) is 5.10 Å². The number of aromatic amines is 1. The number of carbonyl (C=O) groups excluding carboxylic acids is 1. The van der Waals surface area contributed by atoms with Crippen molar-refractivity contribution in [1.29, 1.82) is 0 Å². The summed E-state index contributed by atoms with van der Waals surface area (Å²) in [4.78, 5) is 20.7. The largest absolute Gasteiger partial charge is 0.354 e. The van der Waals surface area contributed by atoms with Crippen LogP contribution in [0, 0.1) is 6.92 Å². The zero-order chi connectivity index (χ0) is 17.8. The van der Waals surface area contributed by atoms with Crippen molar-refractivity contribution in [3.8, 4) is 0 Å². The third-order valence-electron chi connectivity index (χ3n) is 3.28. The molecule has 1 amide bonds. The van der Waals surface area contributed by atoms with E-state index in [1.165, 1.54) is 13.2 Å². The van der Waals surface area contributed by atoms with E-state index in [4.69, 9.17) is 11.6 Å². The van der Waals surface area contributed by atoms with Gasteiger partial charge in [0.2, 0.25) is 0 Å². The summed E-state index contributed by atoms with van der Waals surface area (Å²) in [6, 6.07) is 8.89. The molecule has 3 rings (SSSR count). The van der Waals surface area contributed by atoms with Crippen LogP contribution in [0.1, 0.15) is 16.2 Å². The molecule has 0 saturated carbocycles. The Morgan fingerprint density at radius 1 is 1.16 bits per heavy atom. The van der Waals surface area contributed by atoms with Crippen molar-refractivity contribution < 1.29 is 4.79 Å². The molecule has 128 valence electrons. The predicted molar refractivity (Wildman–Crippen MR) is 96.8 cm³/mol. The van der Waals surface area contributed by atoms with Gasteiger partial charge >= 0.3 is 0 Å². The number of nitrogens with zero attached hydrogens (tertiary/aromatic N) is 3. The maximum atomic E-state index is 12.0. The summed E-state index contributed by atoms with van der Waals surface area (Å²) in [6.45, 7) is 1.89. The molecule has 9 heteroatoms. The second-order valence-electron chi connectivity index (χ2n) is 5.22. The highest BCUT2D eigenvalue weighted by atomic mass is 35.5. The van der Waals surface area contributed by atoms with E-state index in [2.05, 4.69) is 36.1 Å². The highest BCUT2D eigenvalue weighted by Gasteiger charge is 2.15. The Labute approximate surface area is 149 Å². The summed E-state index contributed by atoms with van der Waals surface area (Å²) in [5.74, 6) is 1.04. The first-order valence-electron chi connectivity index (χ1n) is 7.46. The summed E-state index contributed by atoms with van der Waals surface area (Å²) in [6.07, 6.45) is 1.47. The topological polar surface area (TPSA) is 108 Å². The van der Waals surface area contributed by atoms with Gasteiger partial charge in [-0.1, -0.05) is 11.6 Å². The number of anilines is 4. The quantitative estimate of drug-likeness (QED) is 0.559. The Morgan fingerprint density at radius 3 is 2.56 bits per heavy atom. The molecule has 0 unspecified atom stereocenters. The monoisotopic (exact) mass is 357 g/mol. The number of amides is 1. The summed E-state index contributed by atoms with van der Waals surface area (Å²) in [7, 11) is 1.54. The second-order valence-corrected chi connectivity index (χ2v) is 5.66. The lowest BCUT2D eigenvalue weighted by Crippen LogP contribution is -2.21. The van der Waals surface area contributed by atoms with Gasteiger partial charge in [-0.25, -0.2) is 9.97 Å². The number of carbonyl (C=O) groups is 1. The lowest BCUT2D eigenvalue weighted by molar-refractivity contribution is 0.0959. The Balaban J connectivity index is 1.92. The third kappa shape index (κ3) is 4.04. The zero-order valence-corrected chi connectivity index (χ0v) is 14.3. The van der Waals surface area contributed by atoms with Crippen molar-refractivity contribution in [2.24, 2.45) is 0 Å². The predicted octanol–water partition coefficient (Wildman–Crippen LogP) is 3.01. The molecule has 2 aromatic heterocycles. The van der Waals surface area contributed by atoms with Crippen LogP contribution in [0.25, 0.3) is 0 Å². The van der Waals surface area contributed by atoms with Gasteiger partial charge in [0.05, 0.1) is 6.20 Å². The molecule has 1 aromatic carbocycles. The van der Waals surface area contributed by atoms with E-state index >= 15 is 0 Å². The van der Waals surface area contributed by atoms with E-state index in [1.807, 2.05) is 13.0 Å². The molecule has 0 fully saturated rings. The van der Waals surface area contributed by atoms with E-state index in [9.17, 15) is 4.79 Å². The molecule has 2 heterocycles. The highest BCUT2D eigenvalue weighted by Crippen LogP contribution is 2.22. The molecular weight excluding hydrogens is 342 g/mol. The van der Waals surface area contributed by atoms with Gasteiger partial charge in [-0.05, 0) is 31.2 Å². The maximum absolute atomic E-state index is 12.0. The molecule has 0 saturated heterocycles. The first-order valence-corrected chi connectivity index (χ1v) is 7.83. The third-order valence-corrected chi connectivity index (χ3v) is 3.54. The molecular formula is C16H16ClN7O. The summed E-state index contributed by atoms with van der Waals surface area (Å²) in [5, 5.41) is 16.2. The molecule has 0 aliphatic carbocycles. The number of benzene rings is 1. The SMILES string of the molecule is CNC(=O)c1ncc(Nc2cc(C)[nH]n2)nc1Nc1ccc(Cl)cc1. The number of rotatable bonds is 5. The lowest BCUT2D eigenvalue weighted by Gasteiger charge is -2.11. The van der Waals surface area contributed by atoms with Crippen molar-refractivity contribution in [2.75, 3.05) is 17.7 Å². The number of aromatic nitrogens is 4. The number of halogens is 1. The molecule has 0 spiro atoms. The average molecular weight is 358 g/mol. The van der Waals surface area contributed by atoms with Crippen molar-refractivity contribution >= 4 is 40.6 Å². The van der Waals surface area contributed by atoms with Crippen LogP contribution in [-0.4, -0.2) is 33.1 Å². The van der Waals surface area contributed by atoms with Crippen LogP contribution in [-0.2, 0) is 0 Å². The summed E-state index contributed by atoms with van der Waals surface area (Å²) >= 11 is 5.90. The number of nitrogens with one attached hydrogen (secondary N) is 4. The summed E-state index contributed by atoms with van der Waals surface area (Å²) in [5.41, 5.74) is 1.83. The maximum Gasteiger partial charge on any atom is 0.273 e. The molecule has 4 N–H and O–H groups in total. The van der Waals surface area contributed by atoms with E-state index < -0.39 is 0 Å². The first-order chi connectivity index (χ1) is 12.0. The smallest absolute Gasteiger partial charge is 0.273 e. The van der Waals surface area contributed by atoms with Gasteiger partial charge in [0.1, 0.15) is 0 Å². The number of hydrogen-bond acceptors (Lipinski definition) is 6. The van der Waals surface area contributed by atoms with Gasteiger partial charge < -0.3 is 16.0 Å². The first kappa shape index (κ1) is 16.7. The normalized spacial score (nSPS) is 10.4. The fraction of sp³-hybridized carbons (Fsp3) is 0.125.